The molecular weight excluding hydrogens is 477 g/mol. The van der Waals surface area contributed by atoms with Crippen molar-refractivity contribution in [2.45, 2.75) is 20.0 Å². The number of ether oxygens (including phenoxy) is 2. The molecule has 9 nitrogen and oxygen atoms in total. The quantitative estimate of drug-likeness (QED) is 0.375. The highest BCUT2D eigenvalue weighted by Crippen LogP contribution is 2.33. The molecule has 0 aliphatic rings. The summed E-state index contributed by atoms with van der Waals surface area (Å²) in [5, 5.41) is 6.80. The predicted octanol–water partition coefficient (Wildman–Crippen LogP) is 4.90. The van der Waals surface area contributed by atoms with Gasteiger partial charge in [0.15, 0.2) is 11.5 Å². The molecule has 4 aromatic rings. The molecule has 0 radical (unpaired) electrons. The van der Waals surface area contributed by atoms with Gasteiger partial charge in [-0.05, 0) is 43.7 Å². The molecule has 0 atom stereocenters. The number of nitrogens with zero attached hydrogens (tertiary/aromatic N) is 5. The van der Waals surface area contributed by atoms with E-state index >= 15 is 0 Å². The van der Waals surface area contributed by atoms with E-state index in [2.05, 4.69) is 25.4 Å². The van der Waals surface area contributed by atoms with E-state index in [9.17, 15) is 18.0 Å². The first kappa shape index (κ1) is 24.6. The zero-order valence-corrected chi connectivity index (χ0v) is 19.7. The summed E-state index contributed by atoms with van der Waals surface area (Å²) >= 11 is 0. The number of benzene rings is 1. The minimum Gasteiger partial charge on any atom is -0.480 e. The van der Waals surface area contributed by atoms with Crippen molar-refractivity contribution in [3.63, 3.8) is 0 Å². The number of carbonyl (C=O) groups is 1. The molecule has 0 aliphatic heterocycles. The number of anilines is 2. The molecule has 186 valence electrons. The van der Waals surface area contributed by atoms with Crippen LogP contribution in [0.3, 0.4) is 0 Å². The zero-order chi connectivity index (χ0) is 26.0. The van der Waals surface area contributed by atoms with Gasteiger partial charge in [0.1, 0.15) is 5.56 Å². The zero-order valence-electron chi connectivity index (χ0n) is 19.7. The molecule has 0 unspecified atom stereocenters. The summed E-state index contributed by atoms with van der Waals surface area (Å²) in [6.07, 6.45) is -1.84. The third-order valence-electron chi connectivity index (χ3n) is 5.18. The van der Waals surface area contributed by atoms with Crippen molar-refractivity contribution in [2.24, 2.45) is 0 Å². The van der Waals surface area contributed by atoms with Gasteiger partial charge < -0.3 is 14.8 Å². The summed E-state index contributed by atoms with van der Waals surface area (Å²) < 4.78 is 51.2. The molecule has 4 rings (SSSR count). The Morgan fingerprint density at radius 1 is 1.06 bits per heavy atom. The van der Waals surface area contributed by atoms with Crippen LogP contribution in [0.4, 0.5) is 24.8 Å². The fraction of sp³-hybridized carbons (Fsp3) is 0.208. The van der Waals surface area contributed by atoms with Crippen LogP contribution < -0.4 is 10.1 Å². The van der Waals surface area contributed by atoms with E-state index in [1.54, 1.807) is 6.07 Å². The minimum atomic E-state index is -4.65. The molecule has 1 N–H and O–H groups in total. The number of aromatic nitrogens is 5. The van der Waals surface area contributed by atoms with Gasteiger partial charge in [-0.3, -0.25) is 0 Å². The number of methoxy groups -OCH3 is 2. The van der Waals surface area contributed by atoms with Gasteiger partial charge in [-0.2, -0.15) is 23.3 Å². The molecular formula is C24H21F3N6O3. The largest absolute Gasteiger partial charge is 0.480 e. The minimum absolute atomic E-state index is 0.0265. The van der Waals surface area contributed by atoms with Crippen molar-refractivity contribution in [1.29, 1.82) is 0 Å². The number of hydrogen-bond acceptors (Lipinski definition) is 8. The monoisotopic (exact) mass is 498 g/mol. The summed E-state index contributed by atoms with van der Waals surface area (Å²) in [4.78, 5) is 25.2. The number of nitrogens with one attached hydrogen (secondary N) is 1. The van der Waals surface area contributed by atoms with E-state index in [1.165, 1.54) is 39.6 Å². The highest BCUT2D eigenvalue weighted by atomic mass is 19.4. The summed E-state index contributed by atoms with van der Waals surface area (Å²) in [6, 6.07) is 9.80. The number of carbonyl (C=O) groups excluding carboxylic acids is 1. The Hall–Kier alpha value is -4.48. The summed E-state index contributed by atoms with van der Waals surface area (Å²) in [5.74, 6) is -0.482. The van der Waals surface area contributed by atoms with Gasteiger partial charge in [0.25, 0.3) is 0 Å². The van der Waals surface area contributed by atoms with E-state index in [-0.39, 0.29) is 34.5 Å². The maximum absolute atomic E-state index is 13.4. The molecule has 0 amide bonds. The molecule has 3 heterocycles. The molecule has 0 saturated heterocycles. The van der Waals surface area contributed by atoms with Crippen LogP contribution in [-0.4, -0.2) is 44.9 Å². The van der Waals surface area contributed by atoms with Crippen molar-refractivity contribution >= 4 is 17.6 Å². The molecule has 12 heteroatoms. The van der Waals surface area contributed by atoms with Gasteiger partial charge in [0.05, 0.1) is 14.2 Å². The van der Waals surface area contributed by atoms with E-state index < -0.39 is 17.8 Å². The van der Waals surface area contributed by atoms with Crippen molar-refractivity contribution in [3.05, 3.63) is 71.3 Å². The van der Waals surface area contributed by atoms with Crippen LogP contribution in [-0.2, 0) is 10.9 Å². The Kier molecular flexibility index (Phi) is 6.60. The van der Waals surface area contributed by atoms with Gasteiger partial charge >= 0.3 is 12.1 Å². The Morgan fingerprint density at radius 3 is 2.47 bits per heavy atom. The number of aryl methyl sites for hydroxylation is 2. The van der Waals surface area contributed by atoms with E-state index in [1.807, 2.05) is 25.1 Å². The molecule has 1 aromatic carbocycles. The highest BCUT2D eigenvalue weighted by molar-refractivity contribution is 5.93. The lowest BCUT2D eigenvalue weighted by Gasteiger charge is -2.14. The number of rotatable bonds is 6. The Labute approximate surface area is 203 Å². The molecule has 0 fully saturated rings. The average Bonchev–Trinajstić information content (AvgIpc) is 3.25. The van der Waals surface area contributed by atoms with Crippen LogP contribution in [0.15, 0.2) is 48.8 Å². The second-order valence-corrected chi connectivity index (χ2v) is 7.78. The highest BCUT2D eigenvalue weighted by Gasteiger charge is 2.35. The van der Waals surface area contributed by atoms with E-state index in [0.717, 1.165) is 16.3 Å². The third-order valence-corrected chi connectivity index (χ3v) is 5.18. The molecule has 36 heavy (non-hydrogen) atoms. The number of esters is 1. The van der Waals surface area contributed by atoms with Crippen molar-refractivity contribution in [3.8, 4) is 22.8 Å². The number of hydrogen-bond donors (Lipinski definition) is 1. The Morgan fingerprint density at radius 2 is 1.83 bits per heavy atom. The molecule has 3 aromatic heterocycles. The van der Waals surface area contributed by atoms with Gasteiger partial charge in [-0.1, -0.05) is 12.1 Å². The first-order valence-electron chi connectivity index (χ1n) is 10.6. The lowest BCUT2D eigenvalue weighted by molar-refractivity contribution is -0.141. The maximum atomic E-state index is 13.4. The topological polar surface area (TPSA) is 104 Å². The normalized spacial score (nSPS) is 11.3. The van der Waals surface area contributed by atoms with Crippen LogP contribution in [0.25, 0.3) is 16.9 Å². The Bertz CT molecular complexity index is 1440. The van der Waals surface area contributed by atoms with Gasteiger partial charge in [-0.15, -0.1) is 0 Å². The SMILES string of the molecule is COC(=O)c1cc(-c2cnc(Nc3cccc(C)c3)nc2-n2nc(C(F)(F)F)cc2C)cnc1OC. The van der Waals surface area contributed by atoms with Crippen molar-refractivity contribution in [1.82, 2.24) is 24.7 Å². The van der Waals surface area contributed by atoms with Gasteiger partial charge in [-0.25, -0.2) is 19.4 Å². The first-order valence-corrected chi connectivity index (χ1v) is 10.6. The number of alkyl halides is 3. The standard InChI is InChI=1S/C24H21F3N6O3/c1-13-6-5-7-16(8-13)30-23-29-12-18(15-10-17(22(34)36-4)21(35-3)28-11-15)20(31-23)33-14(2)9-19(32-33)24(25,26)27/h5-12H,1-4H3,(H,29,30,31). The third kappa shape index (κ3) is 4.97. The summed E-state index contributed by atoms with van der Waals surface area (Å²) in [7, 11) is 2.56. The summed E-state index contributed by atoms with van der Waals surface area (Å²) in [5.41, 5.74) is 1.47. The van der Waals surface area contributed by atoms with Crippen molar-refractivity contribution < 1.29 is 27.4 Å². The molecule has 0 bridgehead atoms. The summed E-state index contributed by atoms with van der Waals surface area (Å²) in [6.45, 7) is 3.40. The smallest absolute Gasteiger partial charge is 0.435 e. The number of pyridine rings is 1. The van der Waals surface area contributed by atoms with Crippen molar-refractivity contribution in [2.75, 3.05) is 19.5 Å². The fourth-order valence-electron chi connectivity index (χ4n) is 3.50. The van der Waals surface area contributed by atoms with Crippen LogP contribution >= 0.6 is 0 Å². The van der Waals surface area contributed by atoms with E-state index in [4.69, 9.17) is 9.47 Å². The van der Waals surface area contributed by atoms with E-state index in [0.29, 0.717) is 11.3 Å². The van der Waals surface area contributed by atoms with Crippen LogP contribution in [0, 0.1) is 13.8 Å². The average molecular weight is 498 g/mol. The molecule has 0 spiro atoms. The lowest BCUT2D eigenvalue weighted by atomic mass is 10.1. The molecule has 0 aliphatic carbocycles. The van der Waals surface area contributed by atoms with Gasteiger partial charge in [0, 0.05) is 34.9 Å². The molecule has 0 saturated carbocycles. The lowest BCUT2D eigenvalue weighted by Crippen LogP contribution is -2.11. The van der Waals surface area contributed by atoms with Crippen LogP contribution in [0.5, 0.6) is 5.88 Å². The van der Waals surface area contributed by atoms with Crippen LogP contribution in [0.1, 0.15) is 27.3 Å². The second-order valence-electron chi connectivity index (χ2n) is 7.78. The fourth-order valence-corrected chi connectivity index (χ4v) is 3.50. The maximum Gasteiger partial charge on any atom is 0.435 e. The number of halogens is 3. The first-order chi connectivity index (χ1) is 17.1. The predicted molar refractivity (Wildman–Crippen MR) is 124 cm³/mol. The van der Waals surface area contributed by atoms with Gasteiger partial charge in [0.2, 0.25) is 11.8 Å². The van der Waals surface area contributed by atoms with Crippen LogP contribution in [0.2, 0.25) is 0 Å². The Balaban J connectivity index is 1.89. The second kappa shape index (κ2) is 9.64.